The second-order valence-electron chi connectivity index (χ2n) is 7.93. The van der Waals surface area contributed by atoms with E-state index in [-0.39, 0.29) is 17.7 Å². The molecule has 0 saturated carbocycles. The topological polar surface area (TPSA) is 52.7 Å². The van der Waals surface area contributed by atoms with Gasteiger partial charge in [-0.1, -0.05) is 19.1 Å². The van der Waals surface area contributed by atoms with Crippen molar-refractivity contribution in [2.75, 3.05) is 31.5 Å². The molecule has 2 aliphatic rings. The first kappa shape index (κ1) is 18.9. The van der Waals surface area contributed by atoms with Crippen LogP contribution in [0.15, 0.2) is 24.3 Å². The summed E-state index contributed by atoms with van der Waals surface area (Å²) in [4.78, 5) is 28.2. The standard InChI is InChI=1S/C21H31N3O2/c1-16-7-11-23(12-8-16)15-18-3-5-20(6-4-18)22-21(26)19-9-13-24(14-10-19)17(2)25/h3-6,16,19H,7-15H2,1-2H3,(H,22,26). The fourth-order valence-corrected chi connectivity index (χ4v) is 3.87. The van der Waals surface area contributed by atoms with E-state index in [0.717, 1.165) is 31.0 Å². The Labute approximate surface area is 156 Å². The molecule has 0 spiro atoms. The molecule has 0 aliphatic carbocycles. The number of piperidine rings is 2. The maximum Gasteiger partial charge on any atom is 0.227 e. The van der Waals surface area contributed by atoms with Crippen molar-refractivity contribution in [1.82, 2.24) is 9.80 Å². The van der Waals surface area contributed by atoms with Gasteiger partial charge >= 0.3 is 0 Å². The molecule has 1 aromatic rings. The van der Waals surface area contributed by atoms with Crippen molar-refractivity contribution >= 4 is 17.5 Å². The zero-order valence-corrected chi connectivity index (χ0v) is 16.0. The minimum absolute atomic E-state index is 0.000570. The van der Waals surface area contributed by atoms with Gasteiger partial charge in [-0.15, -0.1) is 0 Å². The van der Waals surface area contributed by atoms with Gasteiger partial charge in [0.05, 0.1) is 0 Å². The third-order valence-electron chi connectivity index (χ3n) is 5.81. The van der Waals surface area contributed by atoms with Crippen LogP contribution in [0.2, 0.25) is 0 Å². The highest BCUT2D eigenvalue weighted by Gasteiger charge is 2.26. The van der Waals surface area contributed by atoms with Crippen molar-refractivity contribution < 1.29 is 9.59 Å². The summed E-state index contributed by atoms with van der Waals surface area (Å²) >= 11 is 0. The molecule has 0 atom stereocenters. The Morgan fingerprint density at radius 2 is 1.62 bits per heavy atom. The summed E-state index contributed by atoms with van der Waals surface area (Å²) in [7, 11) is 0. The molecule has 26 heavy (non-hydrogen) atoms. The predicted molar refractivity (Wildman–Crippen MR) is 104 cm³/mol. The third-order valence-corrected chi connectivity index (χ3v) is 5.81. The van der Waals surface area contributed by atoms with Gasteiger partial charge in [-0.2, -0.15) is 0 Å². The Morgan fingerprint density at radius 3 is 2.19 bits per heavy atom. The van der Waals surface area contributed by atoms with Crippen LogP contribution in [0.3, 0.4) is 0 Å². The highest BCUT2D eigenvalue weighted by molar-refractivity contribution is 5.92. The second-order valence-corrected chi connectivity index (χ2v) is 7.93. The number of carbonyl (C=O) groups excluding carboxylic acids is 2. The van der Waals surface area contributed by atoms with Gasteiger partial charge in [0.25, 0.3) is 0 Å². The molecule has 142 valence electrons. The third kappa shape index (κ3) is 5.07. The summed E-state index contributed by atoms with van der Waals surface area (Å²) in [6.07, 6.45) is 4.07. The second kappa shape index (κ2) is 8.67. The minimum atomic E-state index is 0.000570. The zero-order chi connectivity index (χ0) is 18.5. The summed E-state index contributed by atoms with van der Waals surface area (Å²) in [5.74, 6) is 1.03. The van der Waals surface area contributed by atoms with Gasteiger partial charge in [0.1, 0.15) is 0 Å². The number of rotatable bonds is 4. The van der Waals surface area contributed by atoms with E-state index in [2.05, 4.69) is 29.3 Å². The number of amides is 2. The SMILES string of the molecule is CC(=O)N1CCC(C(=O)Nc2ccc(CN3CCC(C)CC3)cc2)CC1. The molecular weight excluding hydrogens is 326 g/mol. The van der Waals surface area contributed by atoms with Crippen LogP contribution in [-0.4, -0.2) is 47.8 Å². The Bertz CT molecular complexity index is 613. The lowest BCUT2D eigenvalue weighted by Crippen LogP contribution is -2.40. The number of anilines is 1. The Balaban J connectivity index is 1.46. The van der Waals surface area contributed by atoms with E-state index >= 15 is 0 Å². The van der Waals surface area contributed by atoms with Crippen LogP contribution < -0.4 is 5.32 Å². The maximum atomic E-state index is 12.5. The first-order chi connectivity index (χ1) is 12.5. The van der Waals surface area contributed by atoms with Crippen molar-refractivity contribution in [3.63, 3.8) is 0 Å². The van der Waals surface area contributed by atoms with Crippen LogP contribution in [0.25, 0.3) is 0 Å². The summed E-state index contributed by atoms with van der Waals surface area (Å²) in [5, 5.41) is 3.04. The molecule has 1 N–H and O–H groups in total. The highest BCUT2D eigenvalue weighted by Crippen LogP contribution is 2.21. The Morgan fingerprint density at radius 1 is 1.00 bits per heavy atom. The number of nitrogens with zero attached hydrogens (tertiary/aromatic N) is 2. The van der Waals surface area contributed by atoms with E-state index in [1.165, 1.54) is 31.5 Å². The summed E-state index contributed by atoms with van der Waals surface area (Å²) in [6, 6.07) is 8.24. The molecule has 0 radical (unpaired) electrons. The minimum Gasteiger partial charge on any atom is -0.343 e. The molecule has 0 unspecified atom stereocenters. The van der Waals surface area contributed by atoms with E-state index in [1.807, 2.05) is 17.0 Å². The number of nitrogens with one attached hydrogen (secondary N) is 1. The van der Waals surface area contributed by atoms with Crippen LogP contribution in [0.5, 0.6) is 0 Å². The molecule has 3 rings (SSSR count). The van der Waals surface area contributed by atoms with Crippen molar-refractivity contribution in [3.8, 4) is 0 Å². The average Bonchev–Trinajstić information content (AvgIpc) is 2.65. The lowest BCUT2D eigenvalue weighted by atomic mass is 9.95. The average molecular weight is 357 g/mol. The molecular formula is C21H31N3O2. The van der Waals surface area contributed by atoms with Crippen LogP contribution in [0, 0.1) is 11.8 Å². The van der Waals surface area contributed by atoms with Gasteiger partial charge in [0, 0.05) is 38.2 Å². The van der Waals surface area contributed by atoms with Gasteiger partial charge in [0.15, 0.2) is 0 Å². The fourth-order valence-electron chi connectivity index (χ4n) is 3.87. The van der Waals surface area contributed by atoms with E-state index < -0.39 is 0 Å². The van der Waals surface area contributed by atoms with Crippen molar-refractivity contribution in [2.45, 2.75) is 46.1 Å². The zero-order valence-electron chi connectivity index (χ0n) is 16.0. The van der Waals surface area contributed by atoms with Crippen molar-refractivity contribution in [1.29, 1.82) is 0 Å². The molecule has 1 aromatic carbocycles. The quantitative estimate of drug-likeness (QED) is 0.901. The lowest BCUT2D eigenvalue weighted by molar-refractivity contribution is -0.132. The Kier molecular flexibility index (Phi) is 6.30. The van der Waals surface area contributed by atoms with Gasteiger partial charge in [-0.25, -0.2) is 0 Å². The molecule has 0 aromatic heterocycles. The van der Waals surface area contributed by atoms with E-state index in [9.17, 15) is 9.59 Å². The number of carbonyl (C=O) groups is 2. The monoisotopic (exact) mass is 357 g/mol. The number of hydrogen-bond donors (Lipinski definition) is 1. The lowest BCUT2D eigenvalue weighted by Gasteiger charge is -2.30. The van der Waals surface area contributed by atoms with Gasteiger partial charge < -0.3 is 10.2 Å². The molecule has 2 fully saturated rings. The normalized spacial score (nSPS) is 20.2. The summed E-state index contributed by atoms with van der Waals surface area (Å²) in [6.45, 7) is 8.63. The van der Waals surface area contributed by atoms with E-state index in [4.69, 9.17) is 0 Å². The number of benzene rings is 1. The number of likely N-dealkylation sites (tertiary alicyclic amines) is 2. The van der Waals surface area contributed by atoms with Crippen molar-refractivity contribution in [3.05, 3.63) is 29.8 Å². The predicted octanol–water partition coefficient (Wildman–Crippen LogP) is 3.12. The number of hydrogen-bond acceptors (Lipinski definition) is 3. The van der Waals surface area contributed by atoms with Crippen LogP contribution in [0.4, 0.5) is 5.69 Å². The first-order valence-corrected chi connectivity index (χ1v) is 9.89. The molecule has 2 saturated heterocycles. The molecule has 0 bridgehead atoms. The highest BCUT2D eigenvalue weighted by atomic mass is 16.2. The van der Waals surface area contributed by atoms with Gasteiger partial charge in [-0.3, -0.25) is 14.5 Å². The smallest absolute Gasteiger partial charge is 0.227 e. The van der Waals surface area contributed by atoms with Gasteiger partial charge in [0.2, 0.25) is 11.8 Å². The van der Waals surface area contributed by atoms with Crippen molar-refractivity contribution in [2.24, 2.45) is 11.8 Å². The van der Waals surface area contributed by atoms with Crippen LogP contribution in [0.1, 0.15) is 45.1 Å². The van der Waals surface area contributed by atoms with Crippen LogP contribution in [-0.2, 0) is 16.1 Å². The molecule has 2 aliphatic heterocycles. The molecule has 5 nitrogen and oxygen atoms in total. The largest absolute Gasteiger partial charge is 0.343 e. The van der Waals surface area contributed by atoms with Gasteiger partial charge in [-0.05, 0) is 62.4 Å². The molecule has 2 heterocycles. The van der Waals surface area contributed by atoms with E-state index in [1.54, 1.807) is 6.92 Å². The summed E-state index contributed by atoms with van der Waals surface area (Å²) < 4.78 is 0. The molecule has 5 heteroatoms. The molecule has 2 amide bonds. The van der Waals surface area contributed by atoms with E-state index in [0.29, 0.717) is 13.1 Å². The maximum absolute atomic E-state index is 12.5. The Hall–Kier alpha value is -1.88. The fraction of sp³-hybridized carbons (Fsp3) is 0.619. The first-order valence-electron chi connectivity index (χ1n) is 9.89. The summed E-state index contributed by atoms with van der Waals surface area (Å²) in [5.41, 5.74) is 2.16. The van der Waals surface area contributed by atoms with Crippen LogP contribution >= 0.6 is 0 Å².